The molecule has 0 aliphatic carbocycles. The van der Waals surface area contributed by atoms with Gasteiger partial charge in [-0.15, -0.1) is 11.3 Å². The van der Waals surface area contributed by atoms with Crippen LogP contribution in [0.2, 0.25) is 0 Å². The predicted molar refractivity (Wildman–Crippen MR) is 102 cm³/mol. The molecule has 1 heterocycles. The van der Waals surface area contributed by atoms with Crippen molar-refractivity contribution in [2.45, 2.75) is 51.9 Å². The van der Waals surface area contributed by atoms with Gasteiger partial charge in [0.05, 0.1) is 6.61 Å². The van der Waals surface area contributed by atoms with Crippen LogP contribution < -0.4 is 10.6 Å². The molecule has 0 aromatic carbocycles. The first-order valence-corrected chi connectivity index (χ1v) is 9.68. The summed E-state index contributed by atoms with van der Waals surface area (Å²) in [5.41, 5.74) is 0. The lowest BCUT2D eigenvalue weighted by molar-refractivity contribution is -0.143. The highest BCUT2D eigenvalue weighted by Gasteiger charge is 2.07. The molecular formula is C18H31N3O2S. The van der Waals surface area contributed by atoms with Gasteiger partial charge in [-0.05, 0) is 31.2 Å². The molecule has 0 bridgehead atoms. The lowest BCUT2D eigenvalue weighted by Gasteiger charge is -2.15. The van der Waals surface area contributed by atoms with Crippen molar-refractivity contribution in [3.63, 3.8) is 0 Å². The zero-order chi connectivity index (χ0) is 17.6. The lowest BCUT2D eigenvalue weighted by Crippen LogP contribution is -2.39. The van der Waals surface area contributed by atoms with Crippen LogP contribution in [0.15, 0.2) is 22.5 Å². The fourth-order valence-corrected chi connectivity index (χ4v) is 3.12. The minimum Gasteiger partial charge on any atom is -0.466 e. The summed E-state index contributed by atoms with van der Waals surface area (Å²) in [5.74, 6) is 1.25. The number of esters is 1. The van der Waals surface area contributed by atoms with E-state index in [1.807, 2.05) is 6.92 Å². The number of carbonyl (C=O) groups is 1. The van der Waals surface area contributed by atoms with Crippen LogP contribution in [0.4, 0.5) is 0 Å². The fraction of sp³-hybridized carbons (Fsp3) is 0.667. The molecule has 0 aliphatic rings. The second kappa shape index (κ2) is 12.8. The molecule has 1 aromatic rings. The first-order valence-electron chi connectivity index (χ1n) is 8.80. The van der Waals surface area contributed by atoms with Crippen molar-refractivity contribution >= 4 is 23.3 Å². The van der Waals surface area contributed by atoms with Crippen molar-refractivity contribution in [3.8, 4) is 0 Å². The standard InChI is InChI=1S/C18H31N3O2S/c1-4-23-17(22)11-7-5-6-8-12-20-18(19-3)21-14-15(2)16-10-9-13-24-16/h9-10,13,15H,4-8,11-12,14H2,1-3H3,(H2,19,20,21). The van der Waals surface area contributed by atoms with Crippen molar-refractivity contribution in [2.24, 2.45) is 4.99 Å². The van der Waals surface area contributed by atoms with Crippen molar-refractivity contribution in [1.82, 2.24) is 10.6 Å². The van der Waals surface area contributed by atoms with Crippen LogP contribution >= 0.6 is 11.3 Å². The van der Waals surface area contributed by atoms with Gasteiger partial charge >= 0.3 is 5.97 Å². The third-order valence-electron chi connectivity index (χ3n) is 3.73. The minimum atomic E-state index is -0.0833. The number of nitrogens with zero attached hydrogens (tertiary/aromatic N) is 1. The smallest absolute Gasteiger partial charge is 0.305 e. The molecule has 0 aliphatic heterocycles. The molecule has 1 rings (SSSR count). The molecule has 0 fully saturated rings. The van der Waals surface area contributed by atoms with Gasteiger partial charge in [-0.3, -0.25) is 9.79 Å². The van der Waals surface area contributed by atoms with Crippen LogP contribution in [0, 0.1) is 0 Å². The Morgan fingerprint density at radius 2 is 2.08 bits per heavy atom. The molecule has 24 heavy (non-hydrogen) atoms. The highest BCUT2D eigenvalue weighted by molar-refractivity contribution is 7.10. The van der Waals surface area contributed by atoms with Crippen LogP contribution in [-0.4, -0.2) is 38.7 Å². The SMILES string of the molecule is CCOC(=O)CCCCCCNC(=NC)NCC(C)c1cccs1. The number of thiophene rings is 1. The van der Waals surface area contributed by atoms with Crippen LogP contribution in [-0.2, 0) is 9.53 Å². The Bertz CT molecular complexity index is 475. The Hall–Kier alpha value is -1.56. The van der Waals surface area contributed by atoms with E-state index < -0.39 is 0 Å². The minimum absolute atomic E-state index is 0.0833. The second-order valence-electron chi connectivity index (χ2n) is 5.77. The van der Waals surface area contributed by atoms with Gasteiger partial charge in [0.2, 0.25) is 0 Å². The molecule has 1 unspecified atom stereocenters. The second-order valence-corrected chi connectivity index (χ2v) is 6.74. The summed E-state index contributed by atoms with van der Waals surface area (Å²) < 4.78 is 4.91. The summed E-state index contributed by atoms with van der Waals surface area (Å²) in [6.45, 7) is 6.30. The van der Waals surface area contributed by atoms with Gasteiger partial charge < -0.3 is 15.4 Å². The van der Waals surface area contributed by atoms with Crippen molar-refractivity contribution < 1.29 is 9.53 Å². The van der Waals surface area contributed by atoms with E-state index in [0.717, 1.165) is 44.7 Å². The van der Waals surface area contributed by atoms with Gasteiger partial charge in [-0.1, -0.05) is 25.8 Å². The number of hydrogen-bond donors (Lipinski definition) is 2. The number of unbranched alkanes of at least 4 members (excludes halogenated alkanes) is 3. The van der Waals surface area contributed by atoms with E-state index in [9.17, 15) is 4.79 Å². The van der Waals surface area contributed by atoms with Crippen molar-refractivity contribution in [3.05, 3.63) is 22.4 Å². The maximum Gasteiger partial charge on any atom is 0.305 e. The zero-order valence-corrected chi connectivity index (χ0v) is 16.0. The summed E-state index contributed by atoms with van der Waals surface area (Å²) >= 11 is 1.79. The van der Waals surface area contributed by atoms with E-state index >= 15 is 0 Å². The van der Waals surface area contributed by atoms with E-state index in [4.69, 9.17) is 4.74 Å². The molecule has 1 atom stereocenters. The van der Waals surface area contributed by atoms with Gasteiger partial charge in [-0.2, -0.15) is 0 Å². The quantitative estimate of drug-likeness (QED) is 0.276. The lowest BCUT2D eigenvalue weighted by atomic mass is 10.1. The molecule has 2 N–H and O–H groups in total. The average molecular weight is 354 g/mol. The van der Waals surface area contributed by atoms with Gasteiger partial charge in [0.15, 0.2) is 5.96 Å². The van der Waals surface area contributed by atoms with Gasteiger partial charge in [0, 0.05) is 37.4 Å². The highest BCUT2D eigenvalue weighted by Crippen LogP contribution is 2.19. The molecule has 0 saturated carbocycles. The first-order chi connectivity index (χ1) is 11.7. The van der Waals surface area contributed by atoms with Crippen LogP contribution in [0.3, 0.4) is 0 Å². The number of rotatable bonds is 11. The number of hydrogen-bond acceptors (Lipinski definition) is 4. The van der Waals surface area contributed by atoms with E-state index in [2.05, 4.69) is 40.1 Å². The Labute approximate surface area is 149 Å². The van der Waals surface area contributed by atoms with E-state index in [0.29, 0.717) is 18.9 Å². The number of aliphatic imine (C=N–C) groups is 1. The van der Waals surface area contributed by atoms with Crippen LogP contribution in [0.5, 0.6) is 0 Å². The normalized spacial score (nSPS) is 12.7. The average Bonchev–Trinajstić information content (AvgIpc) is 3.11. The topological polar surface area (TPSA) is 62.7 Å². The molecule has 0 spiro atoms. The Morgan fingerprint density at radius 3 is 2.75 bits per heavy atom. The molecule has 1 aromatic heterocycles. The van der Waals surface area contributed by atoms with E-state index in [1.165, 1.54) is 4.88 Å². The first kappa shape index (κ1) is 20.5. The summed E-state index contributed by atoms with van der Waals surface area (Å²) in [7, 11) is 1.80. The van der Waals surface area contributed by atoms with Gasteiger partial charge in [0.25, 0.3) is 0 Å². The van der Waals surface area contributed by atoms with Crippen LogP contribution in [0.25, 0.3) is 0 Å². The summed E-state index contributed by atoms with van der Waals surface area (Å²) in [5, 5.41) is 8.83. The third kappa shape index (κ3) is 8.91. The highest BCUT2D eigenvalue weighted by atomic mass is 32.1. The summed E-state index contributed by atoms with van der Waals surface area (Å²) in [6.07, 6.45) is 4.68. The fourth-order valence-electron chi connectivity index (χ4n) is 2.33. The summed E-state index contributed by atoms with van der Waals surface area (Å²) in [4.78, 5) is 16.9. The summed E-state index contributed by atoms with van der Waals surface area (Å²) in [6, 6.07) is 4.26. The predicted octanol–water partition coefficient (Wildman–Crippen LogP) is 3.53. The monoisotopic (exact) mass is 353 g/mol. The molecular weight excluding hydrogens is 322 g/mol. The number of nitrogens with one attached hydrogen (secondary N) is 2. The zero-order valence-electron chi connectivity index (χ0n) is 15.1. The Kier molecular flexibility index (Phi) is 10.9. The largest absolute Gasteiger partial charge is 0.466 e. The molecule has 0 saturated heterocycles. The van der Waals surface area contributed by atoms with Gasteiger partial charge in [-0.25, -0.2) is 0 Å². The number of guanidine groups is 1. The van der Waals surface area contributed by atoms with Crippen molar-refractivity contribution in [2.75, 3.05) is 26.7 Å². The molecule has 6 heteroatoms. The van der Waals surface area contributed by atoms with Crippen molar-refractivity contribution in [1.29, 1.82) is 0 Å². The molecule has 0 amide bonds. The number of ether oxygens (including phenoxy) is 1. The maximum absolute atomic E-state index is 11.2. The van der Waals surface area contributed by atoms with E-state index in [-0.39, 0.29) is 5.97 Å². The van der Waals surface area contributed by atoms with Crippen LogP contribution in [0.1, 0.15) is 56.7 Å². The van der Waals surface area contributed by atoms with Gasteiger partial charge in [0.1, 0.15) is 0 Å². The third-order valence-corrected chi connectivity index (χ3v) is 4.84. The number of carbonyl (C=O) groups excluding carboxylic acids is 1. The Morgan fingerprint density at radius 1 is 1.29 bits per heavy atom. The Balaban J connectivity index is 2.05. The molecule has 5 nitrogen and oxygen atoms in total. The maximum atomic E-state index is 11.2. The molecule has 136 valence electrons. The van der Waals surface area contributed by atoms with E-state index in [1.54, 1.807) is 18.4 Å². The molecule has 0 radical (unpaired) electrons.